The van der Waals surface area contributed by atoms with Crippen molar-refractivity contribution in [3.05, 3.63) is 40.8 Å². The number of hydrogen-bond acceptors (Lipinski definition) is 8. The quantitative estimate of drug-likeness (QED) is 0.196. The molecular weight excluding hydrogens is 351 g/mol. The first-order valence-electron chi connectivity index (χ1n) is 7.64. The maximum Gasteiger partial charge on any atom is 0.198 e. The number of aliphatic hydroxyl groups is 2. The van der Waals surface area contributed by atoms with E-state index in [9.17, 15) is 14.7 Å². The van der Waals surface area contributed by atoms with Crippen LogP contribution in [0.2, 0.25) is 0 Å². The van der Waals surface area contributed by atoms with Gasteiger partial charge in [0, 0.05) is 5.75 Å². The highest BCUT2D eigenvalue weighted by Crippen LogP contribution is 2.32. The van der Waals surface area contributed by atoms with Gasteiger partial charge in [-0.15, -0.1) is 0 Å². The smallest absolute Gasteiger partial charge is 0.198 e. The second kappa shape index (κ2) is 7.81. The van der Waals surface area contributed by atoms with Gasteiger partial charge in [0.25, 0.3) is 0 Å². The van der Waals surface area contributed by atoms with Crippen LogP contribution in [0.3, 0.4) is 0 Å². The van der Waals surface area contributed by atoms with Crippen LogP contribution in [-0.2, 0) is 6.42 Å². The lowest BCUT2D eigenvalue weighted by atomic mass is 10.1. The molecule has 0 saturated carbocycles. The lowest BCUT2D eigenvalue weighted by Gasteiger charge is -2.15. The predicted molar refractivity (Wildman–Crippen MR) is 87.0 cm³/mol. The molecule has 4 N–H and O–H groups in total. The van der Waals surface area contributed by atoms with Crippen LogP contribution in [0.1, 0.15) is 29.3 Å². The van der Waals surface area contributed by atoms with Gasteiger partial charge >= 0.3 is 0 Å². The maximum absolute atomic E-state index is 13.5. The molecule has 0 aliphatic heterocycles. The number of oxime groups is 1. The van der Waals surface area contributed by atoms with E-state index in [1.165, 1.54) is 12.1 Å². The number of hydrogen-bond donors (Lipinski definition) is 4. The molecule has 2 atom stereocenters. The summed E-state index contributed by atoms with van der Waals surface area (Å²) < 4.78 is 18.2. The summed E-state index contributed by atoms with van der Waals surface area (Å²) in [6, 6.07) is 4.40. The van der Waals surface area contributed by atoms with Gasteiger partial charge in [-0.2, -0.15) is 0 Å². The van der Waals surface area contributed by atoms with E-state index in [2.05, 4.69) is 20.8 Å². The summed E-state index contributed by atoms with van der Waals surface area (Å²) in [5, 5.41) is 41.7. The molecule has 134 valence electrons. The molecule has 1 unspecified atom stereocenters. The van der Waals surface area contributed by atoms with Crippen molar-refractivity contribution >= 4 is 17.6 Å². The Morgan fingerprint density at radius 3 is 3.08 bits per heavy atom. The number of nitrogens with zero attached hydrogens (tertiary/aromatic N) is 3. The maximum atomic E-state index is 13.5. The summed E-state index contributed by atoms with van der Waals surface area (Å²) in [6.45, 7) is -0.378. The van der Waals surface area contributed by atoms with Crippen molar-refractivity contribution in [1.29, 1.82) is 0 Å². The third kappa shape index (κ3) is 3.91. The van der Waals surface area contributed by atoms with Gasteiger partial charge in [0.1, 0.15) is 5.82 Å². The Balaban J connectivity index is 1.75. The van der Waals surface area contributed by atoms with Crippen molar-refractivity contribution in [1.82, 2.24) is 15.6 Å². The van der Waals surface area contributed by atoms with E-state index in [0.29, 0.717) is 5.03 Å². The summed E-state index contributed by atoms with van der Waals surface area (Å²) in [5.41, 5.74) is 2.03. The summed E-state index contributed by atoms with van der Waals surface area (Å²) in [7, 11) is 0. The Labute approximate surface area is 146 Å². The summed E-state index contributed by atoms with van der Waals surface area (Å²) in [6.07, 6.45) is 0.587. The zero-order valence-corrected chi connectivity index (χ0v) is 13.9. The van der Waals surface area contributed by atoms with E-state index in [1.54, 1.807) is 6.07 Å². The molecule has 1 heterocycles. The minimum Gasteiger partial charge on any atom is -0.409 e. The monoisotopic (exact) mass is 368 g/mol. The highest BCUT2D eigenvalue weighted by Gasteiger charge is 2.27. The molecule has 3 rings (SSSR count). The molecule has 2 aromatic rings. The number of aromatic nitrogens is 2. The van der Waals surface area contributed by atoms with Crippen LogP contribution in [0, 0.1) is 5.82 Å². The molecule has 1 aliphatic carbocycles. The van der Waals surface area contributed by atoms with E-state index >= 15 is 0 Å². The zero-order chi connectivity index (χ0) is 17.8. The van der Waals surface area contributed by atoms with E-state index in [1.807, 2.05) is 0 Å². The van der Waals surface area contributed by atoms with Gasteiger partial charge in [0.2, 0.25) is 0 Å². The largest absolute Gasteiger partial charge is 0.409 e. The number of halogens is 1. The highest BCUT2D eigenvalue weighted by molar-refractivity contribution is 7.99. The van der Waals surface area contributed by atoms with Crippen LogP contribution in [0.5, 0.6) is 0 Å². The Bertz CT molecular complexity index is 770. The summed E-state index contributed by atoms with van der Waals surface area (Å²) >= 11 is 1.11. The summed E-state index contributed by atoms with van der Waals surface area (Å²) in [4.78, 5) is 0. The minimum atomic E-state index is -0.915. The van der Waals surface area contributed by atoms with E-state index in [4.69, 9.17) is 9.74 Å². The molecule has 10 heteroatoms. The van der Waals surface area contributed by atoms with Gasteiger partial charge in [-0.25, -0.2) is 9.02 Å². The Morgan fingerprint density at radius 1 is 1.48 bits per heavy atom. The lowest BCUT2D eigenvalue weighted by molar-refractivity contribution is 0.113. The third-order valence-electron chi connectivity index (χ3n) is 3.90. The van der Waals surface area contributed by atoms with Gasteiger partial charge in [0.15, 0.2) is 16.6 Å². The number of fused-ring (bicyclic) bond motifs is 1. The fraction of sp³-hybridized carbons (Fsp3) is 0.400. The first kappa shape index (κ1) is 17.6. The number of amidine groups is 1. The number of aliphatic hydroxyl groups excluding tert-OH is 2. The van der Waals surface area contributed by atoms with Crippen molar-refractivity contribution in [2.45, 2.75) is 30.0 Å². The molecule has 1 aromatic heterocycles. The second-order valence-electron chi connectivity index (χ2n) is 5.59. The molecule has 0 bridgehead atoms. The fourth-order valence-corrected chi connectivity index (χ4v) is 3.49. The van der Waals surface area contributed by atoms with Crippen molar-refractivity contribution in [3.8, 4) is 0 Å². The minimum absolute atomic E-state index is 0.0457. The van der Waals surface area contributed by atoms with Crippen LogP contribution in [0.4, 0.5) is 4.39 Å². The van der Waals surface area contributed by atoms with E-state index in [0.717, 1.165) is 35.7 Å². The van der Waals surface area contributed by atoms with Gasteiger partial charge < -0.3 is 20.7 Å². The van der Waals surface area contributed by atoms with Crippen molar-refractivity contribution in [2.75, 3.05) is 12.4 Å². The van der Waals surface area contributed by atoms with Crippen molar-refractivity contribution < 1.29 is 24.4 Å². The molecule has 0 saturated heterocycles. The standard InChI is InChI=1S/C15H17FN4O4S/c16-9-3-1-8-2-4-12(11(8)5-9)17-14(18-23)13-15(20-24-19-13)25-7-10(22)6-21/h1,3,5,10,12,21-23H,2,4,6-7H2,(H,17,18)/t10-,12?/m1/s1. The topological polar surface area (TPSA) is 124 Å². The molecule has 0 fully saturated rings. The lowest BCUT2D eigenvalue weighted by Crippen LogP contribution is -2.29. The number of nitrogens with one attached hydrogen (secondary N) is 1. The number of benzene rings is 1. The molecular formula is C15H17FN4O4S. The van der Waals surface area contributed by atoms with Gasteiger partial charge in [0.05, 0.1) is 18.8 Å². The Kier molecular flexibility index (Phi) is 5.51. The SMILES string of the molecule is OC[C@@H](O)CSc1nonc1/C(=N/O)NC1CCc2ccc(F)cc21. The van der Waals surface area contributed by atoms with Crippen LogP contribution in [0.25, 0.3) is 0 Å². The fourth-order valence-electron chi connectivity index (χ4n) is 2.68. The first-order valence-corrected chi connectivity index (χ1v) is 8.62. The second-order valence-corrected chi connectivity index (χ2v) is 6.60. The zero-order valence-electron chi connectivity index (χ0n) is 13.1. The van der Waals surface area contributed by atoms with Crippen LogP contribution < -0.4 is 5.32 Å². The number of rotatable bonds is 6. The average molecular weight is 368 g/mol. The van der Waals surface area contributed by atoms with E-state index in [-0.39, 0.29) is 35.7 Å². The van der Waals surface area contributed by atoms with Gasteiger partial charge in [-0.05, 0) is 46.4 Å². The number of aryl methyl sites for hydroxylation is 1. The Morgan fingerprint density at radius 2 is 2.32 bits per heavy atom. The molecule has 0 spiro atoms. The number of thioether (sulfide) groups is 1. The third-order valence-corrected chi connectivity index (χ3v) is 5.00. The molecule has 1 aliphatic rings. The van der Waals surface area contributed by atoms with Crippen molar-refractivity contribution in [2.24, 2.45) is 5.16 Å². The normalized spacial score (nSPS) is 18.2. The average Bonchev–Trinajstić information content (AvgIpc) is 3.24. The molecule has 0 amide bonds. The first-order chi connectivity index (χ1) is 12.1. The van der Waals surface area contributed by atoms with Crippen LogP contribution >= 0.6 is 11.8 Å². The van der Waals surface area contributed by atoms with Gasteiger partial charge in [-0.1, -0.05) is 23.0 Å². The Hall–Kier alpha value is -2.17. The van der Waals surface area contributed by atoms with Crippen LogP contribution in [-0.4, -0.2) is 50.0 Å². The van der Waals surface area contributed by atoms with Crippen molar-refractivity contribution in [3.63, 3.8) is 0 Å². The molecule has 25 heavy (non-hydrogen) atoms. The summed E-state index contributed by atoms with van der Waals surface area (Å²) in [5.74, 6) is -0.106. The predicted octanol–water partition coefficient (Wildman–Crippen LogP) is 1.07. The molecule has 0 radical (unpaired) electrons. The van der Waals surface area contributed by atoms with Gasteiger partial charge in [-0.3, -0.25) is 0 Å². The molecule has 1 aromatic carbocycles. The van der Waals surface area contributed by atoms with Crippen LogP contribution in [0.15, 0.2) is 33.0 Å². The highest BCUT2D eigenvalue weighted by atomic mass is 32.2. The molecule has 8 nitrogen and oxygen atoms in total. The van der Waals surface area contributed by atoms with E-state index < -0.39 is 6.10 Å².